The lowest BCUT2D eigenvalue weighted by Gasteiger charge is -2.32. The molecule has 0 bridgehead atoms. The Morgan fingerprint density at radius 3 is 2.64 bits per heavy atom. The second-order valence-corrected chi connectivity index (χ2v) is 13.0. The van der Waals surface area contributed by atoms with E-state index in [0.717, 1.165) is 33.0 Å². The predicted molar refractivity (Wildman–Crippen MR) is 143 cm³/mol. The molecule has 0 saturated carbocycles. The lowest BCUT2D eigenvalue weighted by Crippen LogP contribution is -2.47. The Balaban J connectivity index is 1.41. The van der Waals surface area contributed by atoms with Crippen molar-refractivity contribution in [1.82, 2.24) is 19.8 Å². The van der Waals surface area contributed by atoms with E-state index in [2.05, 4.69) is 14.9 Å². The van der Waals surface area contributed by atoms with E-state index in [0.29, 0.717) is 36.1 Å². The van der Waals surface area contributed by atoms with Crippen molar-refractivity contribution in [3.63, 3.8) is 0 Å². The fourth-order valence-electron chi connectivity index (χ4n) is 4.45. The number of carboxylic acid groups (broad SMARTS) is 1. The van der Waals surface area contributed by atoms with Gasteiger partial charge < -0.3 is 15.0 Å². The van der Waals surface area contributed by atoms with E-state index in [-0.39, 0.29) is 6.04 Å². The molecule has 4 heterocycles. The van der Waals surface area contributed by atoms with Crippen molar-refractivity contribution in [2.24, 2.45) is 0 Å². The highest BCUT2D eigenvalue weighted by Crippen LogP contribution is 2.36. The summed E-state index contributed by atoms with van der Waals surface area (Å²) in [6, 6.07) is 10.8. The van der Waals surface area contributed by atoms with Gasteiger partial charge in [-0.15, -0.1) is 22.7 Å². The number of carbonyl (C=O) groups is 1. The second-order valence-electron chi connectivity index (χ2n) is 8.93. The van der Waals surface area contributed by atoms with E-state index in [9.17, 15) is 13.2 Å². The molecule has 1 aliphatic rings. The van der Waals surface area contributed by atoms with Gasteiger partial charge in [-0.3, -0.25) is 9.21 Å². The molecule has 1 fully saturated rings. The first kappa shape index (κ1) is 24.8. The lowest BCUT2D eigenvalue weighted by molar-refractivity contribution is 0.103. The maximum Gasteiger partial charge on any atom is 0.407 e. The molecule has 12 heteroatoms. The number of hydrogen-bond acceptors (Lipinski definition) is 7. The van der Waals surface area contributed by atoms with Crippen molar-refractivity contribution in [3.8, 4) is 10.7 Å². The number of thiophene rings is 1. The number of para-hydroxylation sites is 1. The fourth-order valence-corrected chi connectivity index (χ4v) is 8.13. The molecule has 190 valence electrons. The van der Waals surface area contributed by atoms with Crippen LogP contribution >= 0.6 is 22.7 Å². The highest BCUT2D eigenvalue weighted by molar-refractivity contribution is 7.94. The summed E-state index contributed by atoms with van der Waals surface area (Å²) in [5.41, 5.74) is 2.19. The number of aromatic amines is 1. The number of hydrogen-bond donors (Lipinski definition) is 2. The predicted octanol–water partition coefficient (Wildman–Crippen LogP) is 4.75. The Labute approximate surface area is 217 Å². The summed E-state index contributed by atoms with van der Waals surface area (Å²) >= 11 is 2.79. The molecule has 4 aromatic rings. The van der Waals surface area contributed by atoms with Crippen LogP contribution in [0.15, 0.2) is 52.2 Å². The third kappa shape index (κ3) is 4.73. The Morgan fingerprint density at radius 2 is 1.97 bits per heavy atom. The molecule has 0 spiro atoms. The molecule has 0 unspecified atom stereocenters. The van der Waals surface area contributed by atoms with Crippen LogP contribution in [-0.2, 0) is 16.6 Å². The van der Waals surface area contributed by atoms with Crippen LogP contribution in [-0.4, -0.2) is 71.6 Å². The summed E-state index contributed by atoms with van der Waals surface area (Å²) in [6.07, 6.45) is 0.990. The number of nitrogens with one attached hydrogen (secondary N) is 1. The summed E-state index contributed by atoms with van der Waals surface area (Å²) < 4.78 is 28.7. The van der Waals surface area contributed by atoms with Crippen molar-refractivity contribution in [3.05, 3.63) is 52.9 Å². The fraction of sp³-hybridized carbons (Fsp3) is 0.333. The van der Waals surface area contributed by atoms with E-state index in [1.165, 1.54) is 20.5 Å². The van der Waals surface area contributed by atoms with Gasteiger partial charge in [-0.2, -0.15) is 0 Å². The average Bonchev–Trinajstić information content (AvgIpc) is 3.60. The van der Waals surface area contributed by atoms with Gasteiger partial charge in [0, 0.05) is 55.2 Å². The maximum absolute atomic E-state index is 13.5. The SMILES string of the molecule is CC(C)N(c1cccc2cc(-c3ncc(CN4CCN(C(=O)O)CC4)s3)[nH]c12)S(=O)(=O)c1cccs1. The second kappa shape index (κ2) is 9.85. The molecule has 36 heavy (non-hydrogen) atoms. The monoisotopic (exact) mass is 545 g/mol. The number of fused-ring (bicyclic) bond motifs is 1. The third-order valence-electron chi connectivity index (χ3n) is 6.16. The van der Waals surface area contributed by atoms with Crippen LogP contribution < -0.4 is 4.31 Å². The van der Waals surface area contributed by atoms with Crippen LogP contribution in [0.3, 0.4) is 0 Å². The van der Waals surface area contributed by atoms with Crippen molar-refractivity contribution in [2.75, 3.05) is 30.5 Å². The van der Waals surface area contributed by atoms with Gasteiger partial charge in [0.15, 0.2) is 0 Å². The zero-order valence-corrected chi connectivity index (χ0v) is 22.4. The van der Waals surface area contributed by atoms with Gasteiger partial charge in [0.2, 0.25) is 0 Å². The number of nitrogens with zero attached hydrogens (tertiary/aromatic N) is 4. The molecule has 1 aromatic carbocycles. The Morgan fingerprint density at radius 1 is 1.19 bits per heavy atom. The number of thiazole rings is 1. The van der Waals surface area contributed by atoms with E-state index in [1.54, 1.807) is 28.8 Å². The number of aromatic nitrogens is 2. The first-order valence-electron chi connectivity index (χ1n) is 11.6. The number of amides is 1. The number of anilines is 1. The van der Waals surface area contributed by atoms with Crippen LogP contribution in [0.25, 0.3) is 21.6 Å². The lowest BCUT2D eigenvalue weighted by atomic mass is 10.2. The maximum atomic E-state index is 13.5. The summed E-state index contributed by atoms with van der Waals surface area (Å²) in [5, 5.41) is 12.6. The summed E-state index contributed by atoms with van der Waals surface area (Å²) in [4.78, 5) is 23.9. The van der Waals surface area contributed by atoms with Crippen molar-refractivity contribution in [2.45, 2.75) is 30.6 Å². The quantitative estimate of drug-likeness (QED) is 0.347. The molecule has 0 radical (unpaired) electrons. The molecule has 2 N–H and O–H groups in total. The van der Waals surface area contributed by atoms with Crippen LogP contribution in [0.2, 0.25) is 0 Å². The summed E-state index contributed by atoms with van der Waals surface area (Å²) in [5.74, 6) is 0. The minimum atomic E-state index is -3.71. The Bertz CT molecular complexity index is 1470. The highest BCUT2D eigenvalue weighted by Gasteiger charge is 2.30. The Hall–Kier alpha value is -2.93. The molecule has 0 aliphatic carbocycles. The molecular weight excluding hydrogens is 518 g/mol. The normalized spacial score (nSPS) is 15.1. The van der Waals surface area contributed by atoms with Crippen LogP contribution in [0.4, 0.5) is 10.5 Å². The van der Waals surface area contributed by atoms with Crippen LogP contribution in [0.1, 0.15) is 18.7 Å². The van der Waals surface area contributed by atoms with Crippen molar-refractivity contribution < 1.29 is 18.3 Å². The van der Waals surface area contributed by atoms with E-state index >= 15 is 0 Å². The zero-order valence-electron chi connectivity index (χ0n) is 19.9. The van der Waals surface area contributed by atoms with Gasteiger partial charge in [0.1, 0.15) is 9.22 Å². The van der Waals surface area contributed by atoms with Gasteiger partial charge in [0.05, 0.1) is 16.9 Å². The molecule has 1 saturated heterocycles. The van der Waals surface area contributed by atoms with Crippen molar-refractivity contribution >= 4 is 55.4 Å². The molecule has 0 atom stereocenters. The Kier molecular flexibility index (Phi) is 6.77. The topological polar surface area (TPSA) is 110 Å². The first-order valence-corrected chi connectivity index (χ1v) is 14.7. The van der Waals surface area contributed by atoms with Crippen LogP contribution in [0.5, 0.6) is 0 Å². The molecule has 1 amide bonds. The number of sulfonamides is 1. The van der Waals surface area contributed by atoms with Gasteiger partial charge in [-0.25, -0.2) is 18.2 Å². The van der Waals surface area contributed by atoms with Crippen molar-refractivity contribution in [1.29, 1.82) is 0 Å². The van der Waals surface area contributed by atoms with E-state index < -0.39 is 16.1 Å². The van der Waals surface area contributed by atoms with Gasteiger partial charge in [0.25, 0.3) is 10.0 Å². The average molecular weight is 546 g/mol. The van der Waals surface area contributed by atoms with Gasteiger partial charge in [-0.05, 0) is 37.4 Å². The molecule has 1 aliphatic heterocycles. The minimum absolute atomic E-state index is 0.275. The molecule has 3 aromatic heterocycles. The third-order valence-corrected chi connectivity index (χ3v) is 10.5. The standard InChI is InChI=1S/C24H27N5O4S3/c1-16(2)29(36(32,33)21-7-4-12-34-21)20-6-3-5-17-13-19(26-22(17)20)23-25-14-18(35-23)15-27-8-10-28(11-9-27)24(30)31/h3-7,12-14,16,26H,8-11,15H2,1-2H3,(H,30,31). The molecule has 5 rings (SSSR count). The number of H-pyrrole nitrogens is 1. The first-order chi connectivity index (χ1) is 17.2. The molecular formula is C24H27N5O4S3. The number of benzene rings is 1. The van der Waals surface area contributed by atoms with E-state index in [1.807, 2.05) is 44.3 Å². The van der Waals surface area contributed by atoms with E-state index in [4.69, 9.17) is 5.11 Å². The highest BCUT2D eigenvalue weighted by atomic mass is 32.2. The summed E-state index contributed by atoms with van der Waals surface area (Å²) in [7, 11) is -3.71. The minimum Gasteiger partial charge on any atom is -0.465 e. The van der Waals surface area contributed by atoms with Gasteiger partial charge in [-0.1, -0.05) is 18.2 Å². The number of piperazine rings is 1. The van der Waals surface area contributed by atoms with Gasteiger partial charge >= 0.3 is 6.09 Å². The zero-order chi connectivity index (χ0) is 25.4. The number of rotatable bonds is 7. The summed E-state index contributed by atoms with van der Waals surface area (Å²) in [6.45, 7) is 6.86. The largest absolute Gasteiger partial charge is 0.465 e. The molecule has 9 nitrogen and oxygen atoms in total. The van der Waals surface area contributed by atoms with Crippen LogP contribution in [0, 0.1) is 0 Å². The smallest absolute Gasteiger partial charge is 0.407 e.